The molecule has 1 aliphatic rings. The van der Waals surface area contributed by atoms with Gasteiger partial charge < -0.3 is 10.2 Å². The summed E-state index contributed by atoms with van der Waals surface area (Å²) in [5, 5.41) is 7.35. The Labute approximate surface area is 170 Å². The van der Waals surface area contributed by atoms with Crippen molar-refractivity contribution in [2.24, 2.45) is 0 Å². The van der Waals surface area contributed by atoms with Crippen molar-refractivity contribution >= 4 is 29.9 Å². The fraction of sp³-hybridized carbons (Fsp3) is 0.429. The molecule has 0 saturated carbocycles. The van der Waals surface area contributed by atoms with Crippen molar-refractivity contribution in [1.82, 2.24) is 20.0 Å². The van der Waals surface area contributed by atoms with Crippen LogP contribution in [0.2, 0.25) is 0 Å². The molecule has 0 saturated heterocycles. The predicted octanol–water partition coefficient (Wildman–Crippen LogP) is 3.36. The third-order valence-corrected chi connectivity index (χ3v) is 5.04. The fourth-order valence-electron chi connectivity index (χ4n) is 3.34. The molecule has 2 aromatic rings. The fourth-order valence-corrected chi connectivity index (χ4v) is 3.34. The predicted molar refractivity (Wildman–Crippen MR) is 110 cm³/mol. The highest BCUT2D eigenvalue weighted by Gasteiger charge is 2.34. The number of fused-ring (bicyclic) bond motifs is 1. The monoisotopic (exact) mass is 397 g/mol. The van der Waals surface area contributed by atoms with Gasteiger partial charge in [-0.3, -0.25) is 14.5 Å². The topological polar surface area (TPSA) is 87.5 Å². The zero-order valence-corrected chi connectivity index (χ0v) is 17.1. The van der Waals surface area contributed by atoms with Gasteiger partial charge in [0.25, 0.3) is 0 Å². The molecule has 8 heteroatoms. The number of carbonyl (C=O) groups is 3. The van der Waals surface area contributed by atoms with Crippen LogP contribution in [-0.2, 0) is 17.9 Å². The van der Waals surface area contributed by atoms with Gasteiger partial charge >= 0.3 is 6.03 Å². The summed E-state index contributed by atoms with van der Waals surface area (Å²) in [5.74, 6) is 0.222. The van der Waals surface area contributed by atoms with E-state index in [-0.39, 0.29) is 24.9 Å². The van der Waals surface area contributed by atoms with Gasteiger partial charge in [-0.25, -0.2) is 9.48 Å². The van der Waals surface area contributed by atoms with Crippen LogP contribution in [0.4, 0.5) is 16.3 Å². The van der Waals surface area contributed by atoms with Crippen molar-refractivity contribution in [2.75, 3.05) is 11.4 Å². The summed E-state index contributed by atoms with van der Waals surface area (Å²) in [4.78, 5) is 39.9. The molecule has 0 atom stereocenters. The van der Waals surface area contributed by atoms with E-state index in [9.17, 15) is 14.4 Å². The third-order valence-electron chi connectivity index (χ3n) is 5.04. The van der Waals surface area contributed by atoms with Crippen molar-refractivity contribution in [3.63, 3.8) is 0 Å². The molecule has 0 radical (unpaired) electrons. The quantitative estimate of drug-likeness (QED) is 0.573. The van der Waals surface area contributed by atoms with E-state index in [1.165, 1.54) is 9.58 Å². The Morgan fingerprint density at radius 1 is 1.21 bits per heavy atom. The second kappa shape index (κ2) is 8.89. The van der Waals surface area contributed by atoms with Gasteiger partial charge in [-0.05, 0) is 25.5 Å². The van der Waals surface area contributed by atoms with E-state index in [0.717, 1.165) is 24.0 Å². The van der Waals surface area contributed by atoms with Gasteiger partial charge in [0.05, 0.1) is 24.5 Å². The first kappa shape index (κ1) is 20.6. The van der Waals surface area contributed by atoms with Crippen molar-refractivity contribution in [1.29, 1.82) is 0 Å². The van der Waals surface area contributed by atoms with E-state index in [1.54, 1.807) is 11.8 Å². The number of anilines is 2. The summed E-state index contributed by atoms with van der Waals surface area (Å²) in [7, 11) is 0. The summed E-state index contributed by atoms with van der Waals surface area (Å²) >= 11 is 0. The van der Waals surface area contributed by atoms with Crippen molar-refractivity contribution < 1.29 is 14.4 Å². The van der Waals surface area contributed by atoms with E-state index in [1.807, 2.05) is 31.2 Å². The zero-order valence-electron chi connectivity index (χ0n) is 17.1. The number of hydrogen-bond donors (Lipinski definition) is 1. The Kier molecular flexibility index (Phi) is 6.31. The minimum Gasteiger partial charge on any atom is -0.338 e. The van der Waals surface area contributed by atoms with Crippen LogP contribution >= 0.6 is 0 Å². The number of amides is 3. The number of hydrogen-bond acceptors (Lipinski definition) is 4. The molecule has 1 aliphatic heterocycles. The van der Waals surface area contributed by atoms with E-state index in [2.05, 4.69) is 17.3 Å². The number of benzene rings is 1. The molecule has 154 valence electrons. The molecule has 0 unspecified atom stereocenters. The largest absolute Gasteiger partial charge is 0.338 e. The van der Waals surface area contributed by atoms with Gasteiger partial charge in [0, 0.05) is 18.5 Å². The summed E-state index contributed by atoms with van der Waals surface area (Å²) in [6.45, 7) is 6.99. The number of aryl methyl sites for hydroxylation is 1. The van der Waals surface area contributed by atoms with Gasteiger partial charge in [0.2, 0.25) is 12.3 Å². The highest BCUT2D eigenvalue weighted by atomic mass is 16.2. The van der Waals surface area contributed by atoms with Gasteiger partial charge in [-0.15, -0.1) is 5.10 Å². The summed E-state index contributed by atoms with van der Waals surface area (Å²) in [5.41, 5.74) is 3.13. The lowest BCUT2D eigenvalue weighted by atomic mass is 10.2. The summed E-state index contributed by atoms with van der Waals surface area (Å²) in [6.07, 6.45) is 2.88. The number of unbranched alkanes of at least 4 members (excludes halogenated alkanes) is 1. The Hall–Kier alpha value is -3.16. The minimum absolute atomic E-state index is 0.171. The normalized spacial score (nSPS) is 12.6. The maximum absolute atomic E-state index is 12.5. The van der Waals surface area contributed by atoms with E-state index < -0.39 is 0 Å². The lowest BCUT2D eigenvalue weighted by Gasteiger charge is -2.19. The molecule has 0 spiro atoms. The average molecular weight is 397 g/mol. The molecular formula is C21H27N5O3. The highest BCUT2D eigenvalue weighted by molar-refractivity contribution is 5.89. The number of aromatic nitrogens is 2. The van der Waals surface area contributed by atoms with Gasteiger partial charge in [0.15, 0.2) is 5.82 Å². The molecule has 1 aromatic heterocycles. The second-order valence-electron chi connectivity index (χ2n) is 7.16. The first-order chi connectivity index (χ1) is 14.0. The SMILES string of the molecule is CCCCNC(=O)N1Cc2c(N(C=O)c3ccc(C)cc3)nn(C(=O)CC)c2C1. The lowest BCUT2D eigenvalue weighted by Crippen LogP contribution is -2.37. The second-order valence-corrected chi connectivity index (χ2v) is 7.16. The number of rotatable bonds is 7. The molecular weight excluding hydrogens is 370 g/mol. The molecule has 1 N–H and O–H groups in total. The molecule has 3 rings (SSSR count). The van der Waals surface area contributed by atoms with Crippen LogP contribution in [0.25, 0.3) is 0 Å². The van der Waals surface area contributed by atoms with Crippen LogP contribution in [0.1, 0.15) is 54.7 Å². The van der Waals surface area contributed by atoms with E-state index in [0.29, 0.717) is 36.7 Å². The molecule has 3 amide bonds. The number of urea groups is 1. The Morgan fingerprint density at radius 2 is 1.93 bits per heavy atom. The van der Waals surface area contributed by atoms with Gasteiger partial charge in [0.1, 0.15) is 0 Å². The molecule has 29 heavy (non-hydrogen) atoms. The van der Waals surface area contributed by atoms with E-state index >= 15 is 0 Å². The maximum Gasteiger partial charge on any atom is 0.318 e. The van der Waals surface area contributed by atoms with Crippen LogP contribution in [0.15, 0.2) is 24.3 Å². The highest BCUT2D eigenvalue weighted by Crippen LogP contribution is 2.34. The van der Waals surface area contributed by atoms with Crippen LogP contribution in [-0.4, -0.2) is 39.6 Å². The summed E-state index contributed by atoms with van der Waals surface area (Å²) < 4.78 is 1.34. The standard InChI is InChI=1S/C21H27N5O3/c1-4-6-11-22-21(29)24-12-17-18(13-24)26(19(28)5-2)23-20(17)25(14-27)16-9-7-15(3)8-10-16/h7-10,14H,4-6,11-13H2,1-3H3,(H,22,29). The average Bonchev–Trinajstić information content (AvgIpc) is 3.30. The van der Waals surface area contributed by atoms with Crippen LogP contribution in [0.3, 0.4) is 0 Å². The Morgan fingerprint density at radius 3 is 2.55 bits per heavy atom. The minimum atomic E-state index is -0.177. The van der Waals surface area contributed by atoms with Crippen molar-refractivity contribution in [2.45, 2.75) is 53.1 Å². The zero-order chi connectivity index (χ0) is 21.0. The van der Waals surface area contributed by atoms with E-state index in [4.69, 9.17) is 0 Å². The van der Waals surface area contributed by atoms with Gasteiger partial charge in [-0.1, -0.05) is 38.0 Å². The van der Waals surface area contributed by atoms with Crippen LogP contribution < -0.4 is 10.2 Å². The number of nitrogens with zero attached hydrogens (tertiary/aromatic N) is 4. The molecule has 0 aliphatic carbocycles. The first-order valence-corrected chi connectivity index (χ1v) is 9.98. The molecule has 1 aromatic carbocycles. The number of nitrogens with one attached hydrogen (secondary N) is 1. The Bertz CT molecular complexity index is 904. The molecule has 0 bridgehead atoms. The third kappa shape index (κ3) is 4.16. The summed E-state index contributed by atoms with van der Waals surface area (Å²) in [6, 6.07) is 7.31. The smallest absolute Gasteiger partial charge is 0.318 e. The number of carbonyl (C=O) groups excluding carboxylic acids is 3. The van der Waals surface area contributed by atoms with Crippen LogP contribution in [0, 0.1) is 6.92 Å². The van der Waals surface area contributed by atoms with Gasteiger partial charge in [-0.2, -0.15) is 0 Å². The first-order valence-electron chi connectivity index (χ1n) is 9.98. The maximum atomic E-state index is 12.5. The van der Waals surface area contributed by atoms with Crippen molar-refractivity contribution in [3.8, 4) is 0 Å². The lowest BCUT2D eigenvalue weighted by molar-refractivity contribution is -0.106. The molecule has 0 fully saturated rings. The van der Waals surface area contributed by atoms with Crippen molar-refractivity contribution in [3.05, 3.63) is 41.1 Å². The molecule has 8 nitrogen and oxygen atoms in total. The Balaban J connectivity index is 1.94. The van der Waals surface area contributed by atoms with Crippen LogP contribution in [0.5, 0.6) is 0 Å². The molecule has 2 heterocycles.